The van der Waals surface area contributed by atoms with Crippen LogP contribution in [0.4, 0.5) is 0 Å². The summed E-state index contributed by atoms with van der Waals surface area (Å²) in [6.07, 6.45) is 6.69. The summed E-state index contributed by atoms with van der Waals surface area (Å²) in [6, 6.07) is 17.2. The van der Waals surface area contributed by atoms with Gasteiger partial charge in [-0.05, 0) is 72.2 Å². The quantitative estimate of drug-likeness (QED) is 0.341. The first-order chi connectivity index (χ1) is 17.5. The molecule has 1 atom stereocenters. The maximum absolute atomic E-state index is 13.3. The predicted octanol–water partition coefficient (Wildman–Crippen LogP) is 5.47. The molecule has 2 heterocycles. The summed E-state index contributed by atoms with van der Waals surface area (Å²) in [5.74, 6) is 0.886. The van der Waals surface area contributed by atoms with Crippen LogP contribution in [-0.2, 0) is 13.1 Å². The van der Waals surface area contributed by atoms with Crippen LogP contribution < -0.4 is 5.56 Å². The molecule has 0 radical (unpaired) electrons. The third-order valence-corrected chi connectivity index (χ3v) is 7.51. The van der Waals surface area contributed by atoms with Crippen LogP contribution in [0.1, 0.15) is 79.6 Å². The van der Waals surface area contributed by atoms with Gasteiger partial charge in [0.2, 0.25) is 0 Å². The van der Waals surface area contributed by atoms with Crippen LogP contribution in [0.15, 0.2) is 53.3 Å². The van der Waals surface area contributed by atoms with Gasteiger partial charge in [-0.1, -0.05) is 68.1 Å². The van der Waals surface area contributed by atoms with Crippen molar-refractivity contribution in [3.05, 3.63) is 87.0 Å². The molecule has 1 aliphatic carbocycles. The topological polar surface area (TPSA) is 79.7 Å². The maximum Gasteiger partial charge on any atom is 0.252 e. The van der Waals surface area contributed by atoms with E-state index in [-0.39, 0.29) is 11.6 Å². The summed E-state index contributed by atoms with van der Waals surface area (Å²) >= 11 is 0. The van der Waals surface area contributed by atoms with E-state index in [0.29, 0.717) is 19.1 Å². The van der Waals surface area contributed by atoms with Gasteiger partial charge in [0.25, 0.3) is 5.56 Å². The number of H-pyrrole nitrogens is 1. The normalized spacial score (nSPS) is 15.2. The number of benzene rings is 2. The fourth-order valence-corrected chi connectivity index (χ4v) is 5.81. The Bertz CT molecular complexity index is 1370. The molecular formula is C29H36N6O. The lowest BCUT2D eigenvalue weighted by Crippen LogP contribution is -2.39. The number of rotatable bonds is 9. The highest BCUT2D eigenvalue weighted by molar-refractivity contribution is 5.82. The van der Waals surface area contributed by atoms with Gasteiger partial charge in [-0.15, -0.1) is 5.10 Å². The third-order valence-electron chi connectivity index (χ3n) is 7.51. The highest BCUT2D eigenvalue weighted by Gasteiger charge is 2.33. The molecule has 2 aromatic carbocycles. The van der Waals surface area contributed by atoms with Crippen molar-refractivity contribution in [2.24, 2.45) is 0 Å². The van der Waals surface area contributed by atoms with Crippen molar-refractivity contribution in [3.8, 4) is 0 Å². The van der Waals surface area contributed by atoms with Crippen molar-refractivity contribution in [2.75, 3.05) is 0 Å². The number of nitrogens with one attached hydrogen (secondary N) is 1. The van der Waals surface area contributed by atoms with Gasteiger partial charge < -0.3 is 4.98 Å². The molecule has 0 unspecified atom stereocenters. The minimum atomic E-state index is -0.00317. The number of nitrogens with zero attached hydrogens (tertiary/aromatic N) is 5. The summed E-state index contributed by atoms with van der Waals surface area (Å²) in [5.41, 5.74) is 5.21. The van der Waals surface area contributed by atoms with E-state index in [4.69, 9.17) is 0 Å². The molecule has 4 aromatic rings. The van der Waals surface area contributed by atoms with Crippen LogP contribution in [0.25, 0.3) is 10.9 Å². The van der Waals surface area contributed by atoms with Gasteiger partial charge in [0.05, 0.1) is 18.1 Å². The average Bonchev–Trinajstić information content (AvgIpc) is 3.55. The second-order valence-corrected chi connectivity index (χ2v) is 10.3. The monoisotopic (exact) mass is 484 g/mol. The Morgan fingerprint density at radius 1 is 1.11 bits per heavy atom. The van der Waals surface area contributed by atoms with Crippen LogP contribution >= 0.6 is 0 Å². The van der Waals surface area contributed by atoms with E-state index in [0.717, 1.165) is 53.5 Å². The molecule has 0 bridgehead atoms. The van der Waals surface area contributed by atoms with Crippen LogP contribution in [0.2, 0.25) is 0 Å². The van der Waals surface area contributed by atoms with Crippen LogP contribution in [0.5, 0.6) is 0 Å². The number of tetrazole rings is 1. The van der Waals surface area contributed by atoms with Gasteiger partial charge in [-0.25, -0.2) is 4.68 Å². The fourth-order valence-electron chi connectivity index (χ4n) is 5.81. The number of hydrogen-bond acceptors (Lipinski definition) is 5. The average molecular weight is 485 g/mol. The lowest BCUT2D eigenvalue weighted by molar-refractivity contribution is 0.108. The highest BCUT2D eigenvalue weighted by Crippen LogP contribution is 2.34. The molecule has 7 nitrogen and oxygen atoms in total. The summed E-state index contributed by atoms with van der Waals surface area (Å²) in [6.45, 7) is 7.59. The lowest BCUT2D eigenvalue weighted by Gasteiger charge is -2.35. The summed E-state index contributed by atoms with van der Waals surface area (Å²) in [7, 11) is 0. The van der Waals surface area contributed by atoms with E-state index in [1.165, 1.54) is 24.0 Å². The second kappa shape index (κ2) is 10.7. The van der Waals surface area contributed by atoms with Crippen molar-refractivity contribution in [2.45, 2.75) is 84.5 Å². The van der Waals surface area contributed by atoms with Crippen molar-refractivity contribution in [3.63, 3.8) is 0 Å². The standard InChI is InChI=1S/C29H36N6O/c1-4-10-26(28-31-32-33-35(28)18-22-11-6-5-7-12-22)34(25-13-8-9-14-25)19-24-17-23-16-20(2)15-21(3)27(23)30-29(24)36/h5-7,11-12,15-17,25-26H,4,8-10,13-14,18-19H2,1-3H3,(H,30,36)/t26-/m0/s1. The van der Waals surface area contributed by atoms with Crippen molar-refractivity contribution < 1.29 is 0 Å². The summed E-state index contributed by atoms with van der Waals surface area (Å²) in [4.78, 5) is 19.0. The van der Waals surface area contributed by atoms with Gasteiger partial charge in [0.1, 0.15) is 0 Å². The molecule has 0 saturated heterocycles. The summed E-state index contributed by atoms with van der Waals surface area (Å²) < 4.78 is 1.94. The zero-order valence-electron chi connectivity index (χ0n) is 21.6. The smallest absolute Gasteiger partial charge is 0.252 e. The molecule has 2 aromatic heterocycles. The van der Waals surface area contributed by atoms with E-state index in [1.54, 1.807) is 0 Å². The van der Waals surface area contributed by atoms with E-state index in [9.17, 15) is 4.79 Å². The molecule has 0 aliphatic heterocycles. The zero-order valence-corrected chi connectivity index (χ0v) is 21.6. The molecule has 0 spiro atoms. The number of aryl methyl sites for hydroxylation is 2. The Morgan fingerprint density at radius 3 is 2.64 bits per heavy atom. The highest BCUT2D eigenvalue weighted by atomic mass is 16.1. The number of aromatic amines is 1. The van der Waals surface area contributed by atoms with Gasteiger partial charge in [0.15, 0.2) is 5.82 Å². The molecule has 1 aliphatic rings. The second-order valence-electron chi connectivity index (χ2n) is 10.3. The molecule has 188 valence electrons. The first kappa shape index (κ1) is 24.4. The number of pyridine rings is 1. The Morgan fingerprint density at radius 2 is 1.89 bits per heavy atom. The molecule has 36 heavy (non-hydrogen) atoms. The number of hydrogen-bond donors (Lipinski definition) is 1. The van der Waals surface area contributed by atoms with E-state index in [2.05, 4.69) is 76.5 Å². The number of fused-ring (bicyclic) bond motifs is 1. The lowest BCUT2D eigenvalue weighted by atomic mass is 10.0. The molecule has 1 saturated carbocycles. The molecule has 1 fully saturated rings. The van der Waals surface area contributed by atoms with E-state index >= 15 is 0 Å². The number of aromatic nitrogens is 5. The van der Waals surface area contributed by atoms with Crippen molar-refractivity contribution in [1.29, 1.82) is 0 Å². The van der Waals surface area contributed by atoms with Crippen LogP contribution in [0, 0.1) is 13.8 Å². The largest absolute Gasteiger partial charge is 0.321 e. The first-order valence-corrected chi connectivity index (χ1v) is 13.2. The molecule has 0 amide bonds. The molecule has 5 rings (SSSR count). The van der Waals surface area contributed by atoms with Gasteiger partial charge in [-0.2, -0.15) is 0 Å². The molecular weight excluding hydrogens is 448 g/mol. The Hall–Kier alpha value is -3.32. The SMILES string of the molecule is CCC[C@@H](c1nnnn1Cc1ccccc1)N(Cc1cc2cc(C)cc(C)c2[nH]c1=O)C1CCCC1. The Balaban J connectivity index is 1.53. The predicted molar refractivity (Wildman–Crippen MR) is 143 cm³/mol. The zero-order chi connectivity index (χ0) is 25.1. The summed E-state index contributed by atoms with van der Waals surface area (Å²) in [5, 5.41) is 14.1. The van der Waals surface area contributed by atoms with Crippen molar-refractivity contribution >= 4 is 10.9 Å². The Labute approximate surface area is 212 Å². The third kappa shape index (κ3) is 5.12. The van der Waals surface area contributed by atoms with Crippen LogP contribution in [0.3, 0.4) is 0 Å². The van der Waals surface area contributed by atoms with Gasteiger partial charge in [0, 0.05) is 18.2 Å². The fraction of sp³-hybridized carbons (Fsp3) is 0.448. The first-order valence-electron chi connectivity index (χ1n) is 13.2. The van der Waals surface area contributed by atoms with Gasteiger partial charge >= 0.3 is 0 Å². The van der Waals surface area contributed by atoms with E-state index < -0.39 is 0 Å². The minimum absolute atomic E-state index is 0.00317. The van der Waals surface area contributed by atoms with Crippen LogP contribution in [-0.4, -0.2) is 36.1 Å². The minimum Gasteiger partial charge on any atom is -0.321 e. The maximum atomic E-state index is 13.3. The van der Waals surface area contributed by atoms with Crippen molar-refractivity contribution in [1.82, 2.24) is 30.1 Å². The molecule has 7 heteroatoms. The van der Waals surface area contributed by atoms with Gasteiger partial charge in [-0.3, -0.25) is 9.69 Å². The molecule has 1 N–H and O–H groups in total. The Kier molecular flexibility index (Phi) is 7.28. The van der Waals surface area contributed by atoms with E-state index in [1.807, 2.05) is 22.9 Å².